The highest BCUT2D eigenvalue weighted by Crippen LogP contribution is 2.30. The Bertz CT molecular complexity index is 851. The third-order valence-corrected chi connectivity index (χ3v) is 5.69. The molecule has 5 nitrogen and oxygen atoms in total. The normalized spacial score (nSPS) is 11.5. The number of nitrogens with one attached hydrogen (secondary N) is 1. The first-order valence-corrected chi connectivity index (χ1v) is 8.45. The predicted octanol–water partition coefficient (Wildman–Crippen LogP) is 3.51. The number of thiophene rings is 1. The molecule has 0 unspecified atom stereocenters. The molecule has 108 valence electrons. The molecule has 0 fully saturated rings. The fourth-order valence-corrected chi connectivity index (χ4v) is 4.15. The van der Waals surface area contributed by atoms with Gasteiger partial charge in [0, 0.05) is 4.88 Å². The van der Waals surface area contributed by atoms with Gasteiger partial charge in [0.15, 0.2) is 0 Å². The molecule has 1 aromatic carbocycles. The molecule has 0 radical (unpaired) electrons. The van der Waals surface area contributed by atoms with E-state index < -0.39 is 10.0 Å². The quantitative estimate of drug-likeness (QED) is 0.798. The minimum absolute atomic E-state index is 0.118. The molecule has 0 aliphatic heterocycles. The Kier molecular flexibility index (Phi) is 3.52. The number of sulfonamides is 1. The van der Waals surface area contributed by atoms with Crippen molar-refractivity contribution in [2.45, 2.75) is 11.1 Å². The fraction of sp³-hybridized carbons (Fsp3) is 0.0714. The molecule has 0 aliphatic carbocycles. The molecule has 0 aliphatic rings. The van der Waals surface area contributed by atoms with Gasteiger partial charge in [0.2, 0.25) is 5.88 Å². The van der Waals surface area contributed by atoms with Crippen LogP contribution in [0, 0.1) is 6.92 Å². The van der Waals surface area contributed by atoms with Gasteiger partial charge in [-0.25, -0.2) is 13.1 Å². The minimum Gasteiger partial charge on any atom is -0.337 e. The van der Waals surface area contributed by atoms with Crippen molar-refractivity contribution in [3.8, 4) is 11.1 Å². The monoisotopic (exact) mass is 320 g/mol. The first kappa shape index (κ1) is 13.8. The molecule has 2 aromatic heterocycles. The molecule has 2 heterocycles. The van der Waals surface area contributed by atoms with Crippen molar-refractivity contribution in [2.24, 2.45) is 0 Å². The van der Waals surface area contributed by atoms with Crippen molar-refractivity contribution >= 4 is 27.2 Å². The van der Waals surface area contributed by atoms with E-state index >= 15 is 0 Å². The van der Waals surface area contributed by atoms with E-state index in [0.29, 0.717) is 5.56 Å². The van der Waals surface area contributed by atoms with E-state index in [-0.39, 0.29) is 10.1 Å². The smallest absolute Gasteiger partial charge is 0.273 e. The standard InChI is InChI=1S/C14H12N2O3S2/c1-10-7-8-13(20-10)21(17,18)16-14-12(9-15-19-14)11-5-3-2-4-6-11/h2-9,16H,1H3. The van der Waals surface area contributed by atoms with Crippen LogP contribution in [-0.2, 0) is 10.0 Å². The Hall–Kier alpha value is -2.12. The van der Waals surface area contributed by atoms with Gasteiger partial charge in [0.05, 0.1) is 11.8 Å². The molecule has 0 bridgehead atoms. The summed E-state index contributed by atoms with van der Waals surface area (Å²) in [6.07, 6.45) is 1.49. The highest BCUT2D eigenvalue weighted by Gasteiger charge is 2.21. The predicted molar refractivity (Wildman–Crippen MR) is 81.8 cm³/mol. The number of hydrogen-bond donors (Lipinski definition) is 1. The minimum atomic E-state index is -3.66. The number of anilines is 1. The summed E-state index contributed by atoms with van der Waals surface area (Å²) >= 11 is 1.21. The lowest BCUT2D eigenvalue weighted by Crippen LogP contribution is -2.11. The Labute approximate surface area is 126 Å². The summed E-state index contributed by atoms with van der Waals surface area (Å²) in [5.74, 6) is 0.118. The number of benzene rings is 1. The molecule has 0 saturated carbocycles. The van der Waals surface area contributed by atoms with Crippen LogP contribution in [0.2, 0.25) is 0 Å². The largest absolute Gasteiger partial charge is 0.337 e. The summed E-state index contributed by atoms with van der Waals surface area (Å²) in [5, 5.41) is 3.68. The topological polar surface area (TPSA) is 72.2 Å². The van der Waals surface area contributed by atoms with Gasteiger partial charge >= 0.3 is 0 Å². The number of rotatable bonds is 4. The second-order valence-corrected chi connectivity index (χ2v) is 7.60. The van der Waals surface area contributed by atoms with Crippen LogP contribution in [-0.4, -0.2) is 13.6 Å². The van der Waals surface area contributed by atoms with Crippen molar-refractivity contribution in [1.29, 1.82) is 0 Å². The lowest BCUT2D eigenvalue weighted by atomic mass is 10.1. The van der Waals surface area contributed by atoms with Gasteiger partial charge in [-0.1, -0.05) is 35.5 Å². The fourth-order valence-electron chi connectivity index (χ4n) is 1.87. The maximum absolute atomic E-state index is 12.3. The van der Waals surface area contributed by atoms with Crippen LogP contribution >= 0.6 is 11.3 Å². The first-order chi connectivity index (χ1) is 10.1. The molecule has 21 heavy (non-hydrogen) atoms. The Balaban J connectivity index is 1.95. The molecule has 0 amide bonds. The lowest BCUT2D eigenvalue weighted by molar-refractivity contribution is 0.436. The Morgan fingerprint density at radius 1 is 1.14 bits per heavy atom. The van der Waals surface area contributed by atoms with E-state index in [1.54, 1.807) is 12.1 Å². The highest BCUT2D eigenvalue weighted by atomic mass is 32.2. The van der Waals surface area contributed by atoms with Crippen molar-refractivity contribution in [1.82, 2.24) is 5.16 Å². The SMILES string of the molecule is Cc1ccc(S(=O)(=O)Nc2oncc2-c2ccccc2)s1. The highest BCUT2D eigenvalue weighted by molar-refractivity contribution is 7.94. The van der Waals surface area contributed by atoms with E-state index in [4.69, 9.17) is 4.52 Å². The maximum atomic E-state index is 12.3. The molecular formula is C14H12N2O3S2. The zero-order valence-electron chi connectivity index (χ0n) is 11.1. The van der Waals surface area contributed by atoms with Gasteiger partial charge in [-0.15, -0.1) is 11.3 Å². The second kappa shape index (κ2) is 5.34. The average Bonchev–Trinajstić information content (AvgIpc) is 3.09. The molecule has 0 saturated heterocycles. The zero-order chi connectivity index (χ0) is 14.9. The maximum Gasteiger partial charge on any atom is 0.273 e. The van der Waals surface area contributed by atoms with Gasteiger partial charge in [-0.3, -0.25) is 0 Å². The number of aromatic nitrogens is 1. The van der Waals surface area contributed by atoms with Crippen molar-refractivity contribution < 1.29 is 12.9 Å². The van der Waals surface area contributed by atoms with Gasteiger partial charge in [-0.2, -0.15) is 0 Å². The molecule has 3 rings (SSSR count). The Morgan fingerprint density at radius 3 is 2.57 bits per heavy atom. The van der Waals surface area contributed by atoms with Crippen LogP contribution < -0.4 is 4.72 Å². The van der Waals surface area contributed by atoms with Crippen LogP contribution in [0.4, 0.5) is 5.88 Å². The van der Waals surface area contributed by atoms with E-state index in [0.717, 1.165) is 10.4 Å². The molecular weight excluding hydrogens is 308 g/mol. The second-order valence-electron chi connectivity index (χ2n) is 4.41. The van der Waals surface area contributed by atoms with Crippen LogP contribution in [0.25, 0.3) is 11.1 Å². The zero-order valence-corrected chi connectivity index (χ0v) is 12.7. The average molecular weight is 320 g/mol. The van der Waals surface area contributed by atoms with Crippen molar-refractivity contribution in [2.75, 3.05) is 4.72 Å². The van der Waals surface area contributed by atoms with Crippen LogP contribution in [0.3, 0.4) is 0 Å². The molecule has 1 N–H and O–H groups in total. The molecule has 7 heteroatoms. The van der Waals surface area contributed by atoms with Crippen LogP contribution in [0.5, 0.6) is 0 Å². The molecule has 3 aromatic rings. The molecule has 0 atom stereocenters. The molecule has 0 spiro atoms. The van der Waals surface area contributed by atoms with Crippen LogP contribution in [0.1, 0.15) is 4.88 Å². The van der Waals surface area contributed by atoms with Gasteiger partial charge in [0.25, 0.3) is 10.0 Å². The van der Waals surface area contributed by atoms with Gasteiger partial charge < -0.3 is 4.52 Å². The van der Waals surface area contributed by atoms with Crippen molar-refractivity contribution in [3.05, 3.63) is 53.5 Å². The summed E-state index contributed by atoms with van der Waals surface area (Å²) in [4.78, 5) is 0.927. The number of hydrogen-bond acceptors (Lipinski definition) is 5. The van der Waals surface area contributed by atoms with E-state index in [2.05, 4.69) is 9.88 Å². The Morgan fingerprint density at radius 2 is 1.90 bits per heavy atom. The number of nitrogens with zero attached hydrogens (tertiary/aromatic N) is 1. The number of aryl methyl sites for hydroxylation is 1. The van der Waals surface area contributed by atoms with E-state index in [1.165, 1.54) is 17.5 Å². The van der Waals surface area contributed by atoms with E-state index in [1.807, 2.05) is 37.3 Å². The summed E-state index contributed by atoms with van der Waals surface area (Å²) in [6.45, 7) is 1.85. The third kappa shape index (κ3) is 2.84. The van der Waals surface area contributed by atoms with Crippen molar-refractivity contribution in [3.63, 3.8) is 0 Å². The van der Waals surface area contributed by atoms with E-state index in [9.17, 15) is 8.42 Å². The van der Waals surface area contributed by atoms with Gasteiger partial charge in [-0.05, 0) is 24.6 Å². The van der Waals surface area contributed by atoms with Gasteiger partial charge in [0.1, 0.15) is 4.21 Å². The summed E-state index contributed by atoms with van der Waals surface area (Å²) in [6, 6.07) is 12.7. The third-order valence-electron chi connectivity index (χ3n) is 2.86. The first-order valence-electron chi connectivity index (χ1n) is 6.15. The summed E-state index contributed by atoms with van der Waals surface area (Å²) in [5.41, 5.74) is 1.44. The summed E-state index contributed by atoms with van der Waals surface area (Å²) in [7, 11) is -3.66. The van der Waals surface area contributed by atoms with Crippen LogP contribution in [0.15, 0.2) is 57.4 Å². The summed E-state index contributed by atoms with van der Waals surface area (Å²) < 4.78 is 32.4. The lowest BCUT2D eigenvalue weighted by Gasteiger charge is -2.04.